The predicted molar refractivity (Wildman–Crippen MR) is 68.5 cm³/mol. The van der Waals surface area contributed by atoms with Gasteiger partial charge in [0.15, 0.2) is 0 Å². The lowest BCUT2D eigenvalue weighted by Gasteiger charge is -2.18. The second-order valence-electron chi connectivity index (χ2n) is 4.17. The van der Waals surface area contributed by atoms with Crippen LogP contribution in [0.25, 0.3) is 0 Å². The number of anilines is 1. The molecular formula is C11H14BrN3O2. The van der Waals surface area contributed by atoms with E-state index in [-0.39, 0.29) is 6.04 Å². The molecule has 1 unspecified atom stereocenters. The Morgan fingerprint density at radius 3 is 3.12 bits per heavy atom. The summed E-state index contributed by atoms with van der Waals surface area (Å²) in [5.41, 5.74) is 1.13. The molecule has 0 bridgehead atoms. The molecule has 6 heteroatoms. The van der Waals surface area contributed by atoms with E-state index in [2.05, 4.69) is 31.1 Å². The molecule has 1 amide bonds. The fourth-order valence-electron chi connectivity index (χ4n) is 1.96. The number of pyridine rings is 1. The summed E-state index contributed by atoms with van der Waals surface area (Å²) in [5.74, 6) is 0.903. The minimum Gasteiger partial charge on any atom is -0.465 e. The summed E-state index contributed by atoms with van der Waals surface area (Å²) in [7, 11) is 0. The van der Waals surface area contributed by atoms with Gasteiger partial charge in [-0.25, -0.2) is 9.78 Å². The fraction of sp³-hybridized carbons (Fsp3) is 0.455. The normalized spacial score (nSPS) is 19.4. The van der Waals surface area contributed by atoms with Crippen molar-refractivity contribution in [3.63, 3.8) is 0 Å². The number of nitrogens with zero attached hydrogens (tertiary/aromatic N) is 2. The number of aromatic nitrogens is 1. The van der Waals surface area contributed by atoms with Crippen molar-refractivity contribution in [2.45, 2.75) is 19.4 Å². The van der Waals surface area contributed by atoms with Crippen molar-refractivity contribution in [1.29, 1.82) is 0 Å². The number of hydrogen-bond donors (Lipinski definition) is 2. The highest BCUT2D eigenvalue weighted by Gasteiger charge is 2.24. The van der Waals surface area contributed by atoms with Crippen LogP contribution in [0.2, 0.25) is 0 Å². The van der Waals surface area contributed by atoms with E-state index in [1.165, 1.54) is 0 Å². The van der Waals surface area contributed by atoms with Crippen molar-refractivity contribution in [1.82, 2.24) is 10.3 Å². The van der Waals surface area contributed by atoms with Crippen molar-refractivity contribution in [2.24, 2.45) is 0 Å². The van der Waals surface area contributed by atoms with Crippen molar-refractivity contribution in [3.8, 4) is 0 Å². The average molecular weight is 300 g/mol. The molecule has 17 heavy (non-hydrogen) atoms. The molecule has 92 valence electrons. The Balaban J connectivity index is 2.04. The average Bonchev–Trinajstić information content (AvgIpc) is 2.69. The zero-order valence-corrected chi connectivity index (χ0v) is 11.1. The van der Waals surface area contributed by atoms with Crippen LogP contribution >= 0.6 is 15.9 Å². The lowest BCUT2D eigenvalue weighted by atomic mass is 10.3. The summed E-state index contributed by atoms with van der Waals surface area (Å²) in [6.45, 7) is 3.53. The van der Waals surface area contributed by atoms with Gasteiger partial charge in [0.1, 0.15) is 5.82 Å². The van der Waals surface area contributed by atoms with Crippen LogP contribution in [-0.2, 0) is 0 Å². The van der Waals surface area contributed by atoms with Gasteiger partial charge >= 0.3 is 6.09 Å². The largest absolute Gasteiger partial charge is 0.465 e. The molecule has 1 aliphatic heterocycles. The van der Waals surface area contributed by atoms with Gasteiger partial charge in [-0.3, -0.25) is 0 Å². The molecule has 0 aromatic carbocycles. The lowest BCUT2D eigenvalue weighted by molar-refractivity contribution is 0.191. The Hall–Kier alpha value is -1.30. The van der Waals surface area contributed by atoms with E-state index in [1.807, 2.05) is 13.0 Å². The Kier molecular flexibility index (Phi) is 3.51. The first-order valence-electron chi connectivity index (χ1n) is 5.43. The minimum atomic E-state index is -0.961. The van der Waals surface area contributed by atoms with Crippen LogP contribution in [0.3, 0.4) is 0 Å². The van der Waals surface area contributed by atoms with E-state index in [9.17, 15) is 4.79 Å². The fourth-order valence-corrected chi connectivity index (χ4v) is 2.18. The molecule has 0 spiro atoms. The number of rotatable bonds is 2. The van der Waals surface area contributed by atoms with Crippen LogP contribution < -0.4 is 10.2 Å². The SMILES string of the molecule is Cc1cc(N2CCC(NC(=O)O)C2)ncc1Br. The second-order valence-corrected chi connectivity index (χ2v) is 5.03. The van der Waals surface area contributed by atoms with Gasteiger partial charge in [-0.2, -0.15) is 0 Å². The van der Waals surface area contributed by atoms with Crippen molar-refractivity contribution < 1.29 is 9.90 Å². The molecule has 2 rings (SSSR count). The summed E-state index contributed by atoms with van der Waals surface area (Å²) >= 11 is 3.41. The van der Waals surface area contributed by atoms with Gasteiger partial charge in [0, 0.05) is 23.8 Å². The van der Waals surface area contributed by atoms with Gasteiger partial charge in [-0.1, -0.05) is 0 Å². The molecule has 0 radical (unpaired) electrons. The number of hydrogen-bond acceptors (Lipinski definition) is 3. The maximum Gasteiger partial charge on any atom is 0.404 e. The quantitative estimate of drug-likeness (QED) is 0.877. The molecule has 2 N–H and O–H groups in total. The number of carbonyl (C=O) groups is 1. The molecule has 0 saturated carbocycles. The minimum absolute atomic E-state index is 0.00162. The third-order valence-corrected chi connectivity index (χ3v) is 3.70. The van der Waals surface area contributed by atoms with Crippen LogP contribution in [0.15, 0.2) is 16.7 Å². The van der Waals surface area contributed by atoms with Crippen LogP contribution in [0, 0.1) is 6.92 Å². The zero-order chi connectivity index (χ0) is 12.4. The highest BCUT2D eigenvalue weighted by molar-refractivity contribution is 9.10. The lowest BCUT2D eigenvalue weighted by Crippen LogP contribution is -2.36. The van der Waals surface area contributed by atoms with Crippen molar-refractivity contribution in [2.75, 3.05) is 18.0 Å². The zero-order valence-electron chi connectivity index (χ0n) is 9.48. The highest BCUT2D eigenvalue weighted by atomic mass is 79.9. The van der Waals surface area contributed by atoms with Gasteiger partial charge in [0.05, 0.1) is 6.04 Å². The summed E-state index contributed by atoms with van der Waals surface area (Å²) in [4.78, 5) is 17.0. The molecule has 1 fully saturated rings. The number of aryl methyl sites for hydroxylation is 1. The monoisotopic (exact) mass is 299 g/mol. The van der Waals surface area contributed by atoms with Crippen LogP contribution in [0.4, 0.5) is 10.6 Å². The summed E-state index contributed by atoms with van der Waals surface area (Å²) in [6, 6.07) is 2.01. The molecule has 5 nitrogen and oxygen atoms in total. The summed E-state index contributed by atoms with van der Waals surface area (Å²) < 4.78 is 0.987. The predicted octanol–water partition coefficient (Wildman–Crippen LogP) is 2.00. The van der Waals surface area contributed by atoms with Crippen LogP contribution in [0.1, 0.15) is 12.0 Å². The number of amides is 1. The number of nitrogens with one attached hydrogen (secondary N) is 1. The Morgan fingerprint density at radius 1 is 1.71 bits per heavy atom. The van der Waals surface area contributed by atoms with Gasteiger partial charge < -0.3 is 15.3 Å². The Bertz CT molecular complexity index is 439. The highest BCUT2D eigenvalue weighted by Crippen LogP contribution is 2.23. The third kappa shape index (κ3) is 2.88. The second kappa shape index (κ2) is 4.91. The van der Waals surface area contributed by atoms with E-state index in [0.717, 1.165) is 28.8 Å². The smallest absolute Gasteiger partial charge is 0.404 e. The van der Waals surface area contributed by atoms with E-state index >= 15 is 0 Å². The standard InChI is InChI=1S/C11H14BrN3O2/c1-7-4-10(13-5-9(7)12)15-3-2-8(6-15)14-11(16)17/h4-5,8,14H,2-3,6H2,1H3,(H,16,17). The topological polar surface area (TPSA) is 65.5 Å². The van der Waals surface area contributed by atoms with Gasteiger partial charge in [0.25, 0.3) is 0 Å². The molecule has 1 aliphatic rings. The van der Waals surface area contributed by atoms with Crippen molar-refractivity contribution >= 4 is 27.8 Å². The Morgan fingerprint density at radius 2 is 2.47 bits per heavy atom. The first-order valence-corrected chi connectivity index (χ1v) is 6.22. The van der Waals surface area contributed by atoms with E-state index in [1.54, 1.807) is 6.20 Å². The van der Waals surface area contributed by atoms with Gasteiger partial charge in [-0.15, -0.1) is 0 Å². The maximum atomic E-state index is 10.5. The van der Waals surface area contributed by atoms with Gasteiger partial charge in [-0.05, 0) is 40.9 Å². The van der Waals surface area contributed by atoms with Crippen molar-refractivity contribution in [3.05, 3.63) is 22.3 Å². The first kappa shape index (κ1) is 12.2. The summed E-state index contributed by atoms with van der Waals surface area (Å²) in [5, 5.41) is 11.2. The van der Waals surface area contributed by atoms with Crippen LogP contribution in [0.5, 0.6) is 0 Å². The molecule has 1 aromatic heterocycles. The Labute approximate surface area is 108 Å². The summed E-state index contributed by atoms with van der Waals surface area (Å²) in [6.07, 6.45) is 1.64. The molecule has 0 aliphatic carbocycles. The molecule has 1 aromatic rings. The molecule has 1 saturated heterocycles. The van der Waals surface area contributed by atoms with Gasteiger partial charge in [0.2, 0.25) is 0 Å². The third-order valence-electron chi connectivity index (χ3n) is 2.87. The molecule has 1 atom stereocenters. The molecule has 2 heterocycles. The number of carboxylic acid groups (broad SMARTS) is 1. The van der Waals surface area contributed by atoms with Crippen LogP contribution in [-0.4, -0.2) is 35.3 Å². The maximum absolute atomic E-state index is 10.5. The van der Waals surface area contributed by atoms with E-state index in [0.29, 0.717) is 6.54 Å². The van der Waals surface area contributed by atoms with E-state index in [4.69, 9.17) is 5.11 Å². The first-order chi connectivity index (χ1) is 8.06. The number of halogens is 1. The molecular weight excluding hydrogens is 286 g/mol. The van der Waals surface area contributed by atoms with E-state index < -0.39 is 6.09 Å².